The van der Waals surface area contributed by atoms with Gasteiger partial charge in [0.1, 0.15) is 11.4 Å². The Morgan fingerprint density at radius 2 is 1.63 bits per heavy atom. The summed E-state index contributed by atoms with van der Waals surface area (Å²) in [5.41, 5.74) is 7.71. The van der Waals surface area contributed by atoms with Crippen LogP contribution in [0.25, 0.3) is 0 Å². The van der Waals surface area contributed by atoms with Crippen LogP contribution in [0.1, 0.15) is 38.8 Å². The van der Waals surface area contributed by atoms with Crippen LogP contribution in [0.5, 0.6) is 5.75 Å². The van der Waals surface area contributed by atoms with Gasteiger partial charge in [-0.2, -0.15) is 0 Å². The first kappa shape index (κ1) is 23.4. The van der Waals surface area contributed by atoms with Crippen molar-refractivity contribution in [3.8, 4) is 5.75 Å². The minimum atomic E-state index is -4.15. The molecule has 0 fully saturated rings. The number of aryl methyl sites for hydroxylation is 1. The Bertz CT molecular complexity index is 1080. The molecule has 0 aliphatic carbocycles. The fourth-order valence-electron chi connectivity index (χ4n) is 2.96. The number of nitrogens with two attached hydrogens (primary N) is 2. The topological polar surface area (TPSA) is 116 Å². The van der Waals surface area contributed by atoms with Gasteiger partial charge in [0.25, 0.3) is 0 Å². The van der Waals surface area contributed by atoms with E-state index in [0.29, 0.717) is 11.4 Å². The molecule has 0 saturated carbocycles. The standard InChI is InChI=1S/C22H29N3O4S/c1-14-7-12-19(29-6)18(13-14)25(24)20(15(2)26)21(23)30(27,28)17-10-8-16(9-11-17)22(3,4)5/h7-13H,23-24H2,1-6H3/b21-20+. The second-order valence-corrected chi connectivity index (χ2v) is 10.0. The molecule has 0 radical (unpaired) electrons. The number of hydrogen-bond donors (Lipinski definition) is 2. The quantitative estimate of drug-likeness (QED) is 0.410. The lowest BCUT2D eigenvalue weighted by atomic mass is 9.87. The number of carbonyl (C=O) groups excluding carboxylic acids is 1. The Hall–Kier alpha value is -2.84. The highest BCUT2D eigenvalue weighted by atomic mass is 32.2. The van der Waals surface area contributed by atoms with E-state index in [1.807, 2.05) is 33.8 Å². The lowest BCUT2D eigenvalue weighted by Gasteiger charge is -2.24. The van der Waals surface area contributed by atoms with Gasteiger partial charge in [0.15, 0.2) is 10.8 Å². The first-order valence-electron chi connectivity index (χ1n) is 9.36. The van der Waals surface area contributed by atoms with Gasteiger partial charge in [0, 0.05) is 6.92 Å². The van der Waals surface area contributed by atoms with E-state index in [9.17, 15) is 13.2 Å². The molecule has 0 aliphatic rings. The Morgan fingerprint density at radius 1 is 1.07 bits per heavy atom. The Labute approximate surface area is 178 Å². The molecule has 0 aromatic heterocycles. The highest BCUT2D eigenvalue weighted by molar-refractivity contribution is 7.95. The van der Waals surface area contributed by atoms with E-state index in [4.69, 9.17) is 16.3 Å². The van der Waals surface area contributed by atoms with Crippen molar-refractivity contribution in [2.75, 3.05) is 12.1 Å². The van der Waals surface area contributed by atoms with Crippen LogP contribution in [-0.4, -0.2) is 21.3 Å². The minimum Gasteiger partial charge on any atom is -0.495 e. The van der Waals surface area contributed by atoms with Gasteiger partial charge < -0.3 is 10.5 Å². The zero-order valence-corrected chi connectivity index (χ0v) is 19.0. The van der Waals surface area contributed by atoms with Crippen molar-refractivity contribution in [3.63, 3.8) is 0 Å². The number of rotatable bonds is 6. The predicted molar refractivity (Wildman–Crippen MR) is 119 cm³/mol. The largest absolute Gasteiger partial charge is 0.495 e. The normalized spacial score (nSPS) is 12.9. The van der Waals surface area contributed by atoms with Crippen LogP contribution in [0.3, 0.4) is 0 Å². The molecular formula is C22H29N3O4S. The number of hydrazine groups is 1. The van der Waals surface area contributed by atoms with E-state index < -0.39 is 20.6 Å². The first-order chi connectivity index (χ1) is 13.8. The van der Waals surface area contributed by atoms with Crippen LogP contribution < -0.4 is 21.3 Å². The number of sulfone groups is 1. The number of ketones is 1. The van der Waals surface area contributed by atoms with Gasteiger partial charge in [-0.05, 0) is 47.7 Å². The molecular weight excluding hydrogens is 402 g/mol. The number of nitrogens with zero attached hydrogens (tertiary/aromatic N) is 1. The van der Waals surface area contributed by atoms with Gasteiger partial charge in [-0.25, -0.2) is 14.3 Å². The molecule has 0 spiro atoms. The van der Waals surface area contributed by atoms with E-state index in [-0.39, 0.29) is 16.0 Å². The summed E-state index contributed by atoms with van der Waals surface area (Å²) in [6.45, 7) is 9.13. The lowest BCUT2D eigenvalue weighted by Crippen LogP contribution is -2.37. The summed E-state index contributed by atoms with van der Waals surface area (Å²) < 4.78 is 31.6. The lowest BCUT2D eigenvalue weighted by molar-refractivity contribution is -0.113. The highest BCUT2D eigenvalue weighted by Gasteiger charge is 2.29. The van der Waals surface area contributed by atoms with Crippen LogP contribution in [0.4, 0.5) is 5.69 Å². The first-order valence-corrected chi connectivity index (χ1v) is 10.8. The predicted octanol–water partition coefficient (Wildman–Crippen LogP) is 3.17. The molecule has 0 atom stereocenters. The average Bonchev–Trinajstić information content (AvgIpc) is 2.67. The molecule has 8 heteroatoms. The van der Waals surface area contributed by atoms with Gasteiger partial charge in [-0.1, -0.05) is 39.0 Å². The van der Waals surface area contributed by atoms with Crippen molar-refractivity contribution < 1.29 is 17.9 Å². The zero-order chi connectivity index (χ0) is 22.9. The summed E-state index contributed by atoms with van der Waals surface area (Å²) in [7, 11) is -2.70. The smallest absolute Gasteiger partial charge is 0.223 e. The molecule has 4 N–H and O–H groups in total. The van der Waals surface area contributed by atoms with Crippen LogP contribution in [-0.2, 0) is 20.0 Å². The van der Waals surface area contributed by atoms with Gasteiger partial charge in [0.2, 0.25) is 9.84 Å². The zero-order valence-electron chi connectivity index (χ0n) is 18.2. The van der Waals surface area contributed by atoms with Crippen molar-refractivity contribution in [2.24, 2.45) is 11.6 Å². The summed E-state index contributed by atoms with van der Waals surface area (Å²) >= 11 is 0. The van der Waals surface area contributed by atoms with Crippen LogP contribution >= 0.6 is 0 Å². The number of Topliss-reactive ketones (excluding diaryl/α,β-unsaturated/α-hetero) is 1. The highest BCUT2D eigenvalue weighted by Crippen LogP contribution is 2.32. The molecule has 7 nitrogen and oxygen atoms in total. The average molecular weight is 432 g/mol. The molecule has 0 unspecified atom stereocenters. The maximum atomic E-state index is 13.1. The molecule has 30 heavy (non-hydrogen) atoms. The molecule has 0 bridgehead atoms. The van der Waals surface area contributed by atoms with E-state index >= 15 is 0 Å². The fourth-order valence-corrected chi connectivity index (χ4v) is 4.20. The van der Waals surface area contributed by atoms with Crippen molar-refractivity contribution in [1.82, 2.24) is 0 Å². The van der Waals surface area contributed by atoms with Crippen molar-refractivity contribution in [2.45, 2.75) is 44.9 Å². The third kappa shape index (κ3) is 4.66. The third-order valence-electron chi connectivity index (χ3n) is 4.72. The number of hydrogen-bond acceptors (Lipinski definition) is 7. The van der Waals surface area contributed by atoms with Crippen LogP contribution in [0.2, 0.25) is 0 Å². The molecule has 0 saturated heterocycles. The molecule has 162 valence electrons. The van der Waals surface area contributed by atoms with E-state index in [1.165, 1.54) is 26.2 Å². The maximum Gasteiger partial charge on any atom is 0.223 e. The van der Waals surface area contributed by atoms with E-state index in [1.54, 1.807) is 24.3 Å². The van der Waals surface area contributed by atoms with Gasteiger partial charge >= 0.3 is 0 Å². The maximum absolute atomic E-state index is 13.1. The summed E-state index contributed by atoms with van der Waals surface area (Å²) in [4.78, 5) is 12.4. The van der Waals surface area contributed by atoms with Gasteiger partial charge in [-0.15, -0.1) is 0 Å². The molecule has 0 heterocycles. The summed E-state index contributed by atoms with van der Waals surface area (Å²) in [5, 5.41) is 0.342. The van der Waals surface area contributed by atoms with Gasteiger partial charge in [-0.3, -0.25) is 9.80 Å². The van der Waals surface area contributed by atoms with Crippen molar-refractivity contribution in [1.29, 1.82) is 0 Å². The third-order valence-corrected chi connectivity index (χ3v) is 6.39. The Kier molecular flexibility index (Phi) is 6.63. The summed E-state index contributed by atoms with van der Waals surface area (Å²) in [5.74, 6) is 5.96. The second-order valence-electron chi connectivity index (χ2n) is 8.09. The fraction of sp³-hybridized carbons (Fsp3) is 0.318. The summed E-state index contributed by atoms with van der Waals surface area (Å²) in [6.07, 6.45) is 0. The van der Waals surface area contributed by atoms with Crippen molar-refractivity contribution in [3.05, 3.63) is 64.3 Å². The molecule has 0 aliphatic heterocycles. The van der Waals surface area contributed by atoms with Crippen LogP contribution in [0.15, 0.2) is 58.1 Å². The Balaban J connectivity index is 2.63. The number of ether oxygens (including phenoxy) is 1. The Morgan fingerprint density at radius 3 is 2.10 bits per heavy atom. The van der Waals surface area contributed by atoms with Crippen molar-refractivity contribution >= 4 is 21.3 Å². The SMILES string of the molecule is COc1ccc(C)cc1N(N)/C(C(C)=O)=C(\N)S(=O)(=O)c1ccc(C(C)(C)C)cc1. The van der Waals surface area contributed by atoms with E-state index in [2.05, 4.69) is 0 Å². The van der Waals surface area contributed by atoms with E-state index in [0.717, 1.165) is 16.1 Å². The number of methoxy groups -OCH3 is 1. The molecule has 2 rings (SSSR count). The monoisotopic (exact) mass is 431 g/mol. The number of anilines is 1. The van der Waals surface area contributed by atoms with Gasteiger partial charge in [0.05, 0.1) is 17.7 Å². The molecule has 2 aromatic rings. The molecule has 2 aromatic carbocycles. The number of carbonyl (C=O) groups is 1. The number of benzene rings is 2. The summed E-state index contributed by atoms with van der Waals surface area (Å²) in [6, 6.07) is 11.6. The minimum absolute atomic E-state index is 0.0173. The number of allylic oxidation sites excluding steroid dienone is 1. The molecule has 0 amide bonds. The van der Waals surface area contributed by atoms with Crippen LogP contribution in [0, 0.1) is 6.92 Å². The second kappa shape index (κ2) is 8.49.